The molecular weight excluding hydrogens is 107 g/mol. The normalized spacial score (nSPS) is 20.9. The number of hydrogen-bond donors (Lipinski definition) is 0. The molecule has 3 unspecified atom stereocenters. The van der Waals surface area contributed by atoms with Crippen LogP contribution in [0.15, 0.2) is 0 Å². The van der Waals surface area contributed by atoms with Crippen molar-refractivity contribution in [3.05, 3.63) is 0 Å². The molecule has 9 heavy (non-hydrogen) atoms. The number of rotatable bonds is 3. The lowest BCUT2D eigenvalue weighted by atomic mass is 9.73. The molecule has 0 saturated carbocycles. The minimum Gasteiger partial charge on any atom is -0.0774 e. The molecule has 0 aliphatic carbocycles. The van der Waals surface area contributed by atoms with Crippen LogP contribution in [0.3, 0.4) is 0 Å². The van der Waals surface area contributed by atoms with Gasteiger partial charge in [-0.2, -0.15) is 0 Å². The zero-order valence-electron chi connectivity index (χ0n) is 7.02. The lowest BCUT2D eigenvalue weighted by Crippen LogP contribution is -2.11. The van der Waals surface area contributed by atoms with Crippen molar-refractivity contribution >= 4 is 7.85 Å². The maximum Gasteiger partial charge on any atom is 0.0699 e. The summed E-state index contributed by atoms with van der Waals surface area (Å²) < 4.78 is 0. The highest BCUT2D eigenvalue weighted by atomic mass is 14.2. The van der Waals surface area contributed by atoms with Crippen LogP contribution < -0.4 is 0 Å². The molecule has 2 radical (unpaired) electrons. The molecule has 0 nitrogen and oxygen atoms in total. The Kier molecular flexibility index (Phi) is 4.00. The molecule has 0 aromatic rings. The average molecular weight is 124 g/mol. The van der Waals surface area contributed by atoms with Crippen LogP contribution in [0.25, 0.3) is 0 Å². The van der Waals surface area contributed by atoms with Gasteiger partial charge in [0.1, 0.15) is 0 Å². The quantitative estimate of drug-likeness (QED) is 0.507. The molecule has 0 bridgehead atoms. The fraction of sp³-hybridized carbons (Fsp3) is 1.00. The Morgan fingerprint density at radius 2 is 1.67 bits per heavy atom. The fourth-order valence-electron chi connectivity index (χ4n) is 0.890. The zero-order valence-corrected chi connectivity index (χ0v) is 7.02. The van der Waals surface area contributed by atoms with Gasteiger partial charge >= 0.3 is 0 Å². The summed E-state index contributed by atoms with van der Waals surface area (Å²) in [6, 6.07) is 0. The third-order valence-corrected chi connectivity index (χ3v) is 2.37. The predicted molar refractivity (Wildman–Crippen MR) is 43.8 cm³/mol. The highest BCUT2D eigenvalue weighted by Crippen LogP contribution is 2.24. The van der Waals surface area contributed by atoms with Gasteiger partial charge < -0.3 is 0 Å². The van der Waals surface area contributed by atoms with Crippen molar-refractivity contribution in [2.45, 2.75) is 39.9 Å². The molecule has 0 rings (SSSR count). The van der Waals surface area contributed by atoms with Gasteiger partial charge in [-0.1, -0.05) is 39.9 Å². The van der Waals surface area contributed by atoms with Crippen molar-refractivity contribution in [3.63, 3.8) is 0 Å². The Morgan fingerprint density at radius 1 is 1.22 bits per heavy atom. The molecule has 1 heteroatoms. The van der Waals surface area contributed by atoms with Crippen LogP contribution in [0.1, 0.15) is 34.1 Å². The van der Waals surface area contributed by atoms with Crippen molar-refractivity contribution in [3.8, 4) is 0 Å². The van der Waals surface area contributed by atoms with Gasteiger partial charge in [-0.15, -0.1) is 0 Å². The SMILES string of the molecule is [B]C(C)C(C)C(C)CC. The van der Waals surface area contributed by atoms with E-state index in [1.54, 1.807) is 0 Å². The Hall–Kier alpha value is 0.0649. The van der Waals surface area contributed by atoms with Gasteiger partial charge in [-0.25, -0.2) is 0 Å². The lowest BCUT2D eigenvalue weighted by molar-refractivity contribution is 0.368. The minimum absolute atomic E-state index is 0.347. The van der Waals surface area contributed by atoms with Gasteiger partial charge in [-0.3, -0.25) is 0 Å². The van der Waals surface area contributed by atoms with Crippen LogP contribution in [0.2, 0.25) is 5.82 Å². The minimum atomic E-state index is 0.347. The first-order chi connectivity index (χ1) is 4.09. The molecule has 0 amide bonds. The van der Waals surface area contributed by atoms with Gasteiger partial charge in [-0.05, 0) is 11.8 Å². The molecule has 0 spiro atoms. The van der Waals surface area contributed by atoms with E-state index >= 15 is 0 Å². The van der Waals surface area contributed by atoms with Gasteiger partial charge in [0.2, 0.25) is 0 Å². The van der Waals surface area contributed by atoms with Gasteiger partial charge in [0.25, 0.3) is 0 Å². The molecule has 0 N–H and O–H groups in total. The van der Waals surface area contributed by atoms with Crippen molar-refractivity contribution in [2.75, 3.05) is 0 Å². The summed E-state index contributed by atoms with van der Waals surface area (Å²) in [6.07, 6.45) is 1.24. The van der Waals surface area contributed by atoms with E-state index in [2.05, 4.69) is 27.7 Å². The topological polar surface area (TPSA) is 0 Å². The van der Waals surface area contributed by atoms with E-state index in [9.17, 15) is 0 Å². The molecule has 0 aromatic heterocycles. The second-order valence-electron chi connectivity index (χ2n) is 3.10. The molecule has 0 fully saturated rings. The largest absolute Gasteiger partial charge is 0.0774 e. The molecule has 0 aliphatic heterocycles. The van der Waals surface area contributed by atoms with E-state index in [0.29, 0.717) is 11.7 Å². The van der Waals surface area contributed by atoms with Crippen LogP contribution in [0.5, 0.6) is 0 Å². The first kappa shape index (κ1) is 9.06. The summed E-state index contributed by atoms with van der Waals surface area (Å²) in [5, 5.41) is 0. The molecule has 0 aliphatic rings. The fourth-order valence-corrected chi connectivity index (χ4v) is 0.890. The Balaban J connectivity index is 3.58. The summed E-state index contributed by atoms with van der Waals surface area (Å²) in [5.74, 6) is 1.78. The molecule has 0 heterocycles. The smallest absolute Gasteiger partial charge is 0.0699 e. The van der Waals surface area contributed by atoms with Gasteiger partial charge in [0, 0.05) is 0 Å². The zero-order chi connectivity index (χ0) is 7.44. The Labute approximate surface area is 60.4 Å². The highest BCUT2D eigenvalue weighted by Gasteiger charge is 2.12. The molecule has 0 aromatic carbocycles. The maximum atomic E-state index is 5.71. The highest BCUT2D eigenvalue weighted by molar-refractivity contribution is 6.11. The van der Waals surface area contributed by atoms with Crippen LogP contribution in [0.4, 0.5) is 0 Å². The first-order valence-corrected chi connectivity index (χ1v) is 3.85. The van der Waals surface area contributed by atoms with E-state index in [1.807, 2.05) is 0 Å². The third kappa shape index (κ3) is 2.93. The van der Waals surface area contributed by atoms with Crippen LogP contribution in [0, 0.1) is 11.8 Å². The van der Waals surface area contributed by atoms with Crippen molar-refractivity contribution in [1.29, 1.82) is 0 Å². The summed E-state index contributed by atoms with van der Waals surface area (Å²) >= 11 is 0. The molecule has 52 valence electrons. The lowest BCUT2D eigenvalue weighted by Gasteiger charge is -2.21. The predicted octanol–water partition coefficient (Wildman–Crippen LogP) is 2.65. The average Bonchev–Trinajstić information content (AvgIpc) is 1.84. The van der Waals surface area contributed by atoms with Crippen LogP contribution in [-0.2, 0) is 0 Å². The van der Waals surface area contributed by atoms with E-state index in [-0.39, 0.29) is 0 Å². The molecule has 3 atom stereocenters. The maximum absolute atomic E-state index is 5.71. The Morgan fingerprint density at radius 3 is 1.78 bits per heavy atom. The molecular formula is C8H17B. The summed E-state index contributed by atoms with van der Waals surface area (Å²) in [7, 11) is 5.71. The van der Waals surface area contributed by atoms with Crippen molar-refractivity contribution in [2.24, 2.45) is 11.8 Å². The van der Waals surface area contributed by atoms with E-state index in [1.165, 1.54) is 6.42 Å². The van der Waals surface area contributed by atoms with Crippen LogP contribution in [-0.4, -0.2) is 7.85 Å². The van der Waals surface area contributed by atoms with Crippen molar-refractivity contribution < 1.29 is 0 Å². The van der Waals surface area contributed by atoms with Crippen LogP contribution >= 0.6 is 0 Å². The summed E-state index contributed by atoms with van der Waals surface area (Å²) in [6.45, 7) is 8.77. The summed E-state index contributed by atoms with van der Waals surface area (Å²) in [4.78, 5) is 0. The van der Waals surface area contributed by atoms with E-state index in [0.717, 1.165) is 5.92 Å². The summed E-state index contributed by atoms with van der Waals surface area (Å²) in [5.41, 5.74) is 0. The monoisotopic (exact) mass is 124 g/mol. The van der Waals surface area contributed by atoms with E-state index < -0.39 is 0 Å². The standard InChI is InChI=1S/C8H17B/c1-5-6(2)7(3)8(4)9/h6-8H,5H2,1-4H3. The van der Waals surface area contributed by atoms with E-state index in [4.69, 9.17) is 7.85 Å². The van der Waals surface area contributed by atoms with Crippen molar-refractivity contribution in [1.82, 2.24) is 0 Å². The van der Waals surface area contributed by atoms with Gasteiger partial charge in [0.05, 0.1) is 7.85 Å². The number of hydrogen-bond acceptors (Lipinski definition) is 0. The second kappa shape index (κ2) is 3.97. The van der Waals surface area contributed by atoms with Gasteiger partial charge in [0.15, 0.2) is 0 Å². The first-order valence-electron chi connectivity index (χ1n) is 3.85. The molecule has 0 saturated heterocycles. The second-order valence-corrected chi connectivity index (χ2v) is 3.10. The Bertz CT molecular complexity index is 69.0. The third-order valence-electron chi connectivity index (χ3n) is 2.37.